The largest absolute Gasteiger partial charge is 0.353 e. The molecule has 0 unspecified atom stereocenters. The van der Waals surface area contributed by atoms with Crippen molar-refractivity contribution in [3.05, 3.63) is 43.0 Å². The molecule has 0 saturated heterocycles. The Morgan fingerprint density at radius 3 is 2.62 bits per heavy atom. The van der Waals surface area contributed by atoms with Gasteiger partial charge < -0.3 is 5.32 Å². The maximum Gasteiger partial charge on any atom is 0.230 e. The van der Waals surface area contributed by atoms with Crippen LogP contribution in [0.4, 0.5) is 0 Å². The minimum atomic E-state index is 0.0307. The van der Waals surface area contributed by atoms with Gasteiger partial charge in [-0.15, -0.1) is 16.8 Å². The Balaban J connectivity index is 2.09. The number of nitrogens with one attached hydrogen (secondary N) is 1. The van der Waals surface area contributed by atoms with Crippen LogP contribution in [0.25, 0.3) is 11.4 Å². The summed E-state index contributed by atoms with van der Waals surface area (Å²) in [5.74, 6) is 1.15. The molecule has 0 aliphatic carbocycles. The number of benzene rings is 1. The molecule has 2 rings (SSSR count). The Hall–Kier alpha value is -2.08. The average Bonchev–Trinajstić information content (AvgIpc) is 3.01. The van der Waals surface area contributed by atoms with Crippen LogP contribution in [0.2, 0.25) is 0 Å². The minimum Gasteiger partial charge on any atom is -0.353 e. The van der Waals surface area contributed by atoms with E-state index in [4.69, 9.17) is 0 Å². The van der Waals surface area contributed by atoms with Crippen molar-refractivity contribution in [3.8, 4) is 11.4 Å². The summed E-state index contributed by atoms with van der Waals surface area (Å²) in [5.41, 5.74) is 1.00. The summed E-state index contributed by atoms with van der Waals surface area (Å²) in [7, 11) is 0. The van der Waals surface area contributed by atoms with Crippen LogP contribution in [-0.2, 0) is 11.3 Å². The van der Waals surface area contributed by atoms with E-state index in [1.807, 2.05) is 41.0 Å². The maximum absolute atomic E-state index is 12.1. The summed E-state index contributed by atoms with van der Waals surface area (Å²) < 4.78 is 1.98. The molecule has 1 amide bonds. The first-order chi connectivity index (χ1) is 11.7. The van der Waals surface area contributed by atoms with Crippen molar-refractivity contribution in [2.45, 2.75) is 44.4 Å². The van der Waals surface area contributed by atoms with Gasteiger partial charge in [0, 0.05) is 18.2 Å². The molecule has 2 aromatic rings. The standard InChI is InChI=1S/C18H24N4OS/c1-4-12-22-17(14-10-8-7-9-11-14)20-21-18(22)24-13-16(23)19-15(5-2)6-3/h4,7-11,15H,1,5-6,12-13H2,2-3H3,(H,19,23). The highest BCUT2D eigenvalue weighted by molar-refractivity contribution is 7.99. The summed E-state index contributed by atoms with van der Waals surface area (Å²) in [6.45, 7) is 8.56. The van der Waals surface area contributed by atoms with Crippen molar-refractivity contribution in [1.29, 1.82) is 0 Å². The van der Waals surface area contributed by atoms with Crippen LogP contribution < -0.4 is 5.32 Å². The van der Waals surface area contributed by atoms with Gasteiger partial charge in [0.15, 0.2) is 11.0 Å². The lowest BCUT2D eigenvalue weighted by atomic mass is 10.2. The zero-order valence-electron chi connectivity index (χ0n) is 14.2. The van der Waals surface area contributed by atoms with Crippen LogP contribution in [0.1, 0.15) is 26.7 Å². The second kappa shape index (κ2) is 9.27. The third-order valence-corrected chi connectivity index (χ3v) is 4.71. The number of allylic oxidation sites excluding steroid dienone is 1. The van der Waals surface area contributed by atoms with Crippen molar-refractivity contribution < 1.29 is 4.79 Å². The number of rotatable bonds is 9. The van der Waals surface area contributed by atoms with E-state index in [0.29, 0.717) is 12.3 Å². The van der Waals surface area contributed by atoms with E-state index < -0.39 is 0 Å². The predicted octanol–water partition coefficient (Wildman–Crippen LogP) is 3.53. The first kappa shape index (κ1) is 18.3. The van der Waals surface area contributed by atoms with E-state index in [1.54, 1.807) is 0 Å². The fourth-order valence-electron chi connectivity index (χ4n) is 2.38. The topological polar surface area (TPSA) is 59.8 Å². The first-order valence-electron chi connectivity index (χ1n) is 8.21. The zero-order valence-corrected chi connectivity index (χ0v) is 15.1. The van der Waals surface area contributed by atoms with Gasteiger partial charge in [-0.05, 0) is 12.8 Å². The number of hydrogen-bond donors (Lipinski definition) is 1. The van der Waals surface area contributed by atoms with E-state index in [1.165, 1.54) is 11.8 Å². The number of thioether (sulfide) groups is 1. The molecule has 0 radical (unpaired) electrons. The van der Waals surface area contributed by atoms with Gasteiger partial charge in [0.1, 0.15) is 0 Å². The Labute approximate surface area is 147 Å². The summed E-state index contributed by atoms with van der Waals surface area (Å²) in [6, 6.07) is 10.1. The highest BCUT2D eigenvalue weighted by Crippen LogP contribution is 2.23. The number of carbonyl (C=O) groups is 1. The van der Waals surface area contributed by atoms with Crippen LogP contribution in [0, 0.1) is 0 Å². The van der Waals surface area contributed by atoms with Gasteiger partial charge in [-0.1, -0.05) is 62.0 Å². The lowest BCUT2D eigenvalue weighted by Crippen LogP contribution is -2.35. The number of nitrogens with zero attached hydrogens (tertiary/aromatic N) is 3. The SMILES string of the molecule is C=CCn1c(SCC(=O)NC(CC)CC)nnc1-c1ccccc1. The van der Waals surface area contributed by atoms with Crippen LogP contribution >= 0.6 is 11.8 Å². The zero-order chi connectivity index (χ0) is 17.4. The van der Waals surface area contributed by atoms with Crippen molar-refractivity contribution in [2.24, 2.45) is 0 Å². The summed E-state index contributed by atoms with van der Waals surface area (Å²) in [5, 5.41) is 12.3. The van der Waals surface area contributed by atoms with E-state index in [-0.39, 0.29) is 11.9 Å². The monoisotopic (exact) mass is 344 g/mol. The molecule has 1 N–H and O–H groups in total. The quantitative estimate of drug-likeness (QED) is 0.558. The van der Waals surface area contributed by atoms with E-state index in [9.17, 15) is 4.79 Å². The van der Waals surface area contributed by atoms with Gasteiger partial charge in [-0.25, -0.2) is 0 Å². The van der Waals surface area contributed by atoms with Gasteiger partial charge in [-0.3, -0.25) is 9.36 Å². The number of hydrogen-bond acceptors (Lipinski definition) is 4. The number of carbonyl (C=O) groups excluding carboxylic acids is 1. The smallest absolute Gasteiger partial charge is 0.230 e. The molecule has 0 spiro atoms. The highest BCUT2D eigenvalue weighted by atomic mass is 32.2. The molecule has 1 aromatic heterocycles. The molecule has 24 heavy (non-hydrogen) atoms. The molecular weight excluding hydrogens is 320 g/mol. The van der Waals surface area contributed by atoms with Gasteiger partial charge in [0.25, 0.3) is 0 Å². The third-order valence-electron chi connectivity index (χ3n) is 3.74. The molecule has 1 heterocycles. The normalized spacial score (nSPS) is 10.8. The molecule has 128 valence electrons. The molecule has 0 saturated carbocycles. The van der Waals surface area contributed by atoms with Crippen LogP contribution in [-0.4, -0.2) is 32.5 Å². The fraction of sp³-hybridized carbons (Fsp3) is 0.389. The molecule has 0 aliphatic rings. The molecule has 6 heteroatoms. The highest BCUT2D eigenvalue weighted by Gasteiger charge is 2.15. The molecule has 5 nitrogen and oxygen atoms in total. The maximum atomic E-state index is 12.1. The molecule has 0 aliphatic heterocycles. The van der Waals surface area contributed by atoms with Crippen molar-refractivity contribution in [1.82, 2.24) is 20.1 Å². The summed E-state index contributed by atoms with van der Waals surface area (Å²) in [6.07, 6.45) is 3.69. The first-order valence-corrected chi connectivity index (χ1v) is 9.19. The average molecular weight is 344 g/mol. The van der Waals surface area contributed by atoms with Crippen LogP contribution in [0.5, 0.6) is 0 Å². The van der Waals surface area contributed by atoms with Gasteiger partial charge in [0.05, 0.1) is 5.75 Å². The molecular formula is C18H24N4OS. The molecule has 0 bridgehead atoms. The van der Waals surface area contributed by atoms with Gasteiger partial charge in [0.2, 0.25) is 5.91 Å². The fourth-order valence-corrected chi connectivity index (χ4v) is 3.14. The molecule has 1 aromatic carbocycles. The van der Waals surface area contributed by atoms with E-state index in [2.05, 4.69) is 35.9 Å². The lowest BCUT2D eigenvalue weighted by molar-refractivity contribution is -0.119. The van der Waals surface area contributed by atoms with Crippen LogP contribution in [0.15, 0.2) is 48.1 Å². The second-order valence-electron chi connectivity index (χ2n) is 5.44. The summed E-state index contributed by atoms with van der Waals surface area (Å²) >= 11 is 1.40. The Bertz CT molecular complexity index is 665. The van der Waals surface area contributed by atoms with Crippen LogP contribution in [0.3, 0.4) is 0 Å². The Kier molecular flexibility index (Phi) is 7.06. The Morgan fingerprint density at radius 1 is 1.29 bits per heavy atom. The van der Waals surface area contributed by atoms with E-state index >= 15 is 0 Å². The Morgan fingerprint density at radius 2 is 2.00 bits per heavy atom. The van der Waals surface area contributed by atoms with Gasteiger partial charge >= 0.3 is 0 Å². The van der Waals surface area contributed by atoms with Crippen molar-refractivity contribution in [2.75, 3.05) is 5.75 Å². The molecule has 0 atom stereocenters. The minimum absolute atomic E-state index is 0.0307. The van der Waals surface area contributed by atoms with E-state index in [0.717, 1.165) is 29.4 Å². The van der Waals surface area contributed by atoms with Crippen molar-refractivity contribution >= 4 is 17.7 Å². The predicted molar refractivity (Wildman–Crippen MR) is 98.9 cm³/mol. The van der Waals surface area contributed by atoms with Gasteiger partial charge in [-0.2, -0.15) is 0 Å². The number of amides is 1. The molecule has 0 fully saturated rings. The second-order valence-corrected chi connectivity index (χ2v) is 6.38. The third kappa shape index (κ3) is 4.71. The number of aromatic nitrogens is 3. The lowest BCUT2D eigenvalue weighted by Gasteiger charge is -2.14. The van der Waals surface area contributed by atoms with Crippen molar-refractivity contribution in [3.63, 3.8) is 0 Å². The summed E-state index contributed by atoms with van der Waals surface area (Å²) in [4.78, 5) is 12.1.